The summed E-state index contributed by atoms with van der Waals surface area (Å²) >= 11 is 0. The van der Waals surface area contributed by atoms with Gasteiger partial charge in [-0.3, -0.25) is 9.80 Å². The normalized spacial score (nSPS) is 12.9. The molecule has 7 aromatic carbocycles. The Morgan fingerprint density at radius 3 is 0.920 bits per heavy atom. The molecule has 0 spiro atoms. The van der Waals surface area contributed by atoms with Crippen molar-refractivity contribution >= 4 is 80.9 Å². The molecule has 0 unspecified atom stereocenters. The molecule has 0 aliphatic carbocycles. The molecule has 0 bridgehead atoms. The highest BCUT2D eigenvalue weighted by Crippen LogP contribution is 2.51. The average molecular weight is 681 g/mol. The molecule has 0 radical (unpaired) electrons. The van der Waals surface area contributed by atoms with Gasteiger partial charge >= 0.3 is 0 Å². The second-order valence-corrected chi connectivity index (χ2v) is 18.9. The summed E-state index contributed by atoms with van der Waals surface area (Å²) in [5.41, 5.74) is 4.31. The van der Waals surface area contributed by atoms with Gasteiger partial charge in [0.05, 0.1) is 11.4 Å². The minimum absolute atomic E-state index is 0.875. The lowest BCUT2D eigenvalue weighted by atomic mass is 10.2. The Bertz CT molecular complexity index is 2150. The fourth-order valence-corrected chi connectivity index (χ4v) is 13.1. The SMILES string of the molecule is C=C1N(c2cccc(P(=C)(c3ccccc3)c3ccccc3)c2)c2ccccc2N1c1cccc(P(=C)(c2ccccc2)c2ccccc2)c1. The van der Waals surface area contributed by atoms with E-state index < -0.39 is 13.8 Å². The highest BCUT2D eigenvalue weighted by atomic mass is 31.2. The molecule has 0 atom stereocenters. The zero-order chi connectivity index (χ0) is 34.1. The Morgan fingerprint density at radius 1 is 0.320 bits per heavy atom. The molecule has 1 aliphatic rings. The molecule has 7 aromatic rings. The summed E-state index contributed by atoms with van der Waals surface area (Å²) in [6, 6.07) is 69.4. The molecule has 4 heteroatoms. The fourth-order valence-electron chi connectivity index (χ4n) is 7.16. The Kier molecular flexibility index (Phi) is 8.29. The molecule has 242 valence electrons. The van der Waals surface area contributed by atoms with Crippen LogP contribution in [0.2, 0.25) is 0 Å². The number of nitrogens with zero attached hydrogens (tertiary/aromatic N) is 2. The van der Waals surface area contributed by atoms with Crippen LogP contribution < -0.4 is 41.6 Å². The number of rotatable bonds is 8. The molecule has 0 saturated heterocycles. The highest BCUT2D eigenvalue weighted by molar-refractivity contribution is 7.93. The van der Waals surface area contributed by atoms with E-state index in [0.717, 1.165) is 28.6 Å². The van der Waals surface area contributed by atoms with E-state index in [0.29, 0.717) is 0 Å². The van der Waals surface area contributed by atoms with Crippen molar-refractivity contribution in [3.63, 3.8) is 0 Å². The standard InChI is InChI=1S/C46H38N2P2/c1-36-47(37-20-18-30-43(34-37)49(2,39-22-8-4-9-23-39)40-24-10-5-11-25-40)45-32-16-17-33-46(45)48(36)38-21-19-31-44(35-38)50(3,41-26-12-6-13-27-41)42-28-14-7-15-29-42/h4-35H,1-3H2. The molecular weight excluding hydrogens is 642 g/mol. The lowest BCUT2D eigenvalue weighted by Gasteiger charge is -2.30. The summed E-state index contributed by atoms with van der Waals surface area (Å²) in [6.45, 7) is 0.383. The van der Waals surface area contributed by atoms with E-state index in [-0.39, 0.29) is 0 Å². The quantitative estimate of drug-likeness (QED) is 0.148. The van der Waals surface area contributed by atoms with E-state index >= 15 is 0 Å². The number of fused-ring (bicyclic) bond motifs is 1. The molecule has 1 aliphatic heterocycles. The van der Waals surface area contributed by atoms with E-state index in [9.17, 15) is 0 Å². The first-order valence-electron chi connectivity index (χ1n) is 16.8. The monoisotopic (exact) mass is 680 g/mol. The molecule has 0 N–H and O–H groups in total. The van der Waals surface area contributed by atoms with E-state index in [2.05, 4.69) is 204 Å². The summed E-state index contributed by atoms with van der Waals surface area (Å²) in [7, 11) is 0. The third-order valence-corrected chi connectivity index (χ3v) is 16.8. The summed E-state index contributed by atoms with van der Waals surface area (Å²) in [4.78, 5) is 4.57. The Balaban J connectivity index is 1.24. The van der Waals surface area contributed by atoms with Gasteiger partial charge in [-0.1, -0.05) is 177 Å². The van der Waals surface area contributed by atoms with E-state index in [4.69, 9.17) is 19.2 Å². The summed E-state index contributed by atoms with van der Waals surface area (Å²) in [6.07, 6.45) is 10.0. The fraction of sp³-hybridized carbons (Fsp3) is 0. The second kappa shape index (κ2) is 13.1. The molecule has 50 heavy (non-hydrogen) atoms. The van der Waals surface area contributed by atoms with Crippen LogP contribution in [0.4, 0.5) is 22.7 Å². The minimum atomic E-state index is -2.18. The van der Waals surface area contributed by atoms with Crippen molar-refractivity contribution in [1.82, 2.24) is 0 Å². The average Bonchev–Trinajstić information content (AvgIpc) is 3.50. The van der Waals surface area contributed by atoms with Crippen LogP contribution in [-0.4, -0.2) is 12.6 Å². The highest BCUT2D eigenvalue weighted by Gasteiger charge is 2.34. The lowest BCUT2D eigenvalue weighted by molar-refractivity contribution is 1.14. The Hall–Kier alpha value is -5.52. The van der Waals surface area contributed by atoms with Crippen molar-refractivity contribution in [3.8, 4) is 0 Å². The maximum Gasteiger partial charge on any atom is 0.115 e. The van der Waals surface area contributed by atoms with Crippen molar-refractivity contribution in [2.45, 2.75) is 0 Å². The number of hydrogen-bond acceptors (Lipinski definition) is 2. The van der Waals surface area contributed by atoms with E-state index in [1.807, 2.05) is 0 Å². The second-order valence-electron chi connectivity index (χ2n) is 12.6. The van der Waals surface area contributed by atoms with Crippen LogP contribution in [0.5, 0.6) is 0 Å². The van der Waals surface area contributed by atoms with Gasteiger partial charge in [0.15, 0.2) is 0 Å². The lowest BCUT2D eigenvalue weighted by Crippen LogP contribution is -2.27. The maximum atomic E-state index is 5.01. The molecule has 8 rings (SSSR count). The van der Waals surface area contributed by atoms with Gasteiger partial charge < -0.3 is 0 Å². The molecule has 0 amide bonds. The van der Waals surface area contributed by atoms with Crippen molar-refractivity contribution in [2.24, 2.45) is 0 Å². The third kappa shape index (κ3) is 5.30. The Morgan fingerprint density at radius 2 is 0.600 bits per heavy atom. The molecular formula is C46H38N2P2. The van der Waals surface area contributed by atoms with E-state index in [1.54, 1.807) is 0 Å². The van der Waals surface area contributed by atoms with Crippen molar-refractivity contribution in [1.29, 1.82) is 0 Å². The zero-order valence-electron chi connectivity index (χ0n) is 27.9. The van der Waals surface area contributed by atoms with Crippen LogP contribution in [0.1, 0.15) is 0 Å². The topological polar surface area (TPSA) is 6.48 Å². The summed E-state index contributed by atoms with van der Waals surface area (Å²) in [5.74, 6) is 0.875. The van der Waals surface area contributed by atoms with Crippen LogP contribution >= 0.6 is 13.8 Å². The number of hydrogen-bond donors (Lipinski definition) is 0. The molecule has 0 saturated carbocycles. The molecule has 0 aromatic heterocycles. The van der Waals surface area contributed by atoms with Crippen LogP contribution in [0.15, 0.2) is 207 Å². The molecule has 0 fully saturated rings. The van der Waals surface area contributed by atoms with Crippen molar-refractivity contribution < 1.29 is 0 Å². The summed E-state index contributed by atoms with van der Waals surface area (Å²) in [5, 5.41) is 7.43. The van der Waals surface area contributed by atoms with Crippen LogP contribution in [0, 0.1) is 0 Å². The predicted octanol–water partition coefficient (Wildman–Crippen LogP) is 8.90. The predicted molar refractivity (Wildman–Crippen MR) is 224 cm³/mol. The first kappa shape index (κ1) is 31.7. The van der Waals surface area contributed by atoms with Crippen molar-refractivity contribution in [2.75, 3.05) is 9.80 Å². The number of benzene rings is 7. The maximum absolute atomic E-state index is 5.01. The summed E-state index contributed by atoms with van der Waals surface area (Å²) < 4.78 is 0. The Labute approximate surface area is 296 Å². The van der Waals surface area contributed by atoms with Gasteiger partial charge in [-0.25, -0.2) is 0 Å². The van der Waals surface area contributed by atoms with Gasteiger partial charge in [0, 0.05) is 11.4 Å². The van der Waals surface area contributed by atoms with Gasteiger partial charge in [0.25, 0.3) is 0 Å². The zero-order valence-corrected chi connectivity index (χ0v) is 29.7. The smallest absolute Gasteiger partial charge is 0.115 e. The van der Waals surface area contributed by atoms with Gasteiger partial charge in [0.1, 0.15) is 5.82 Å². The number of para-hydroxylation sites is 2. The molecule has 1 heterocycles. The van der Waals surface area contributed by atoms with E-state index in [1.165, 1.54) is 31.8 Å². The first-order chi connectivity index (χ1) is 24.5. The third-order valence-electron chi connectivity index (χ3n) is 9.73. The van der Waals surface area contributed by atoms with Crippen molar-refractivity contribution in [3.05, 3.63) is 207 Å². The van der Waals surface area contributed by atoms with Gasteiger partial charge in [0.2, 0.25) is 0 Å². The van der Waals surface area contributed by atoms with Gasteiger partial charge in [-0.15, -0.1) is 0 Å². The molecule has 2 nitrogen and oxygen atoms in total. The van der Waals surface area contributed by atoms with Crippen LogP contribution in [0.25, 0.3) is 0 Å². The van der Waals surface area contributed by atoms with Gasteiger partial charge in [-0.05, 0) is 82.0 Å². The van der Waals surface area contributed by atoms with Crippen LogP contribution in [-0.2, 0) is 0 Å². The van der Waals surface area contributed by atoms with Crippen LogP contribution in [0.3, 0.4) is 0 Å². The first-order valence-corrected chi connectivity index (χ1v) is 20.7. The number of anilines is 4. The largest absolute Gasteiger partial charge is 0.294 e. The minimum Gasteiger partial charge on any atom is -0.294 e. The van der Waals surface area contributed by atoms with Gasteiger partial charge in [-0.2, -0.15) is 0 Å².